The zero-order valence-electron chi connectivity index (χ0n) is 28.0. The standard InChI is InChI=1S/C35H56O10/c1-16-12-18-26(30(4,5)41)45-35(44-18)25(16)32(7)21(37)13-34-15-33(34)11-10-22(43-27-24(39)23(38)17(36)14-42-27)29(2,3)19(33)8-9-20(34)31(32,6)28(35)40/h16-28,36-41H,8-15H2,1-7H3/t16-,17-,18?,19+,20+,21-,22+,23+,24-,25-,26?,27+,28-,31-,32-,33-,34+,35+/m1/s1. The SMILES string of the molecule is C[C@@H]1CC2O[C@@]3(OC2C(C)(C)O)[C@H](O)[C@@]2(C)[C@@H]4CC[C@H]5C(C)(C)[C@@H](O[C@@H]6OC[C@@H](O)[C@H](O)[C@H]6O)CC[C@@]56C[C@@]46C[C@@H](O)[C@]2(C)[C@@H]13. The first-order valence-electron chi connectivity index (χ1n) is 17.6. The Morgan fingerprint density at radius 2 is 1.53 bits per heavy atom. The second-order valence-electron chi connectivity index (χ2n) is 18.4. The average Bonchev–Trinajstić information content (AvgIpc) is 3.44. The highest BCUT2D eigenvalue weighted by Gasteiger charge is 2.89. The smallest absolute Gasteiger partial charge is 0.199 e. The van der Waals surface area contributed by atoms with Crippen LogP contribution in [0.15, 0.2) is 0 Å². The molecule has 5 saturated carbocycles. The van der Waals surface area contributed by atoms with Crippen LogP contribution in [-0.4, -0.2) is 104 Å². The monoisotopic (exact) mass is 636 g/mol. The van der Waals surface area contributed by atoms with Crippen LogP contribution in [0, 0.1) is 50.7 Å². The van der Waals surface area contributed by atoms with Crippen LogP contribution in [0.1, 0.15) is 93.4 Å². The van der Waals surface area contributed by atoms with Crippen LogP contribution in [0.4, 0.5) is 0 Å². The minimum Gasteiger partial charge on any atom is -0.393 e. The van der Waals surface area contributed by atoms with E-state index in [0.29, 0.717) is 12.3 Å². The van der Waals surface area contributed by atoms with Gasteiger partial charge in [-0.25, -0.2) is 0 Å². The molecule has 6 N–H and O–H groups in total. The number of hydrogen-bond donors (Lipinski definition) is 6. The molecule has 0 aromatic rings. The summed E-state index contributed by atoms with van der Waals surface area (Å²) in [5, 5.41) is 67.0. The van der Waals surface area contributed by atoms with Crippen LogP contribution in [0.2, 0.25) is 0 Å². The van der Waals surface area contributed by atoms with Crippen molar-refractivity contribution in [3.8, 4) is 0 Å². The van der Waals surface area contributed by atoms with Gasteiger partial charge in [0.15, 0.2) is 12.1 Å². The minimum absolute atomic E-state index is 0.0126. The first kappa shape index (κ1) is 31.8. The lowest BCUT2D eigenvalue weighted by atomic mass is 9.40. The molecule has 8 aliphatic rings. The molecule has 256 valence electrons. The first-order chi connectivity index (χ1) is 20.8. The molecule has 0 aromatic carbocycles. The Labute approximate surface area is 266 Å². The molecule has 10 heteroatoms. The predicted octanol–water partition coefficient (Wildman–Crippen LogP) is 2.09. The molecule has 2 bridgehead atoms. The van der Waals surface area contributed by atoms with Crippen LogP contribution in [0.25, 0.3) is 0 Å². The summed E-state index contributed by atoms with van der Waals surface area (Å²) in [5.74, 6) is -0.820. The van der Waals surface area contributed by atoms with Crippen LogP contribution >= 0.6 is 0 Å². The Hall–Kier alpha value is -0.400. The van der Waals surface area contributed by atoms with E-state index < -0.39 is 65.1 Å². The quantitative estimate of drug-likeness (QED) is 0.254. The van der Waals surface area contributed by atoms with Crippen LogP contribution in [0.5, 0.6) is 0 Å². The molecule has 0 aromatic heterocycles. The van der Waals surface area contributed by atoms with Gasteiger partial charge in [0.25, 0.3) is 0 Å². The molecule has 8 fully saturated rings. The van der Waals surface area contributed by atoms with Gasteiger partial charge in [-0.05, 0) is 92.8 Å². The lowest BCUT2D eigenvalue weighted by Crippen LogP contribution is -2.64. The fraction of sp³-hybridized carbons (Fsp3) is 1.00. The molecular formula is C35H56O10. The summed E-state index contributed by atoms with van der Waals surface area (Å²) in [6, 6.07) is 0. The third-order valence-corrected chi connectivity index (χ3v) is 15.9. The summed E-state index contributed by atoms with van der Waals surface area (Å²) in [6.07, 6.45) is -1.40. The van der Waals surface area contributed by atoms with Gasteiger partial charge in [0, 0.05) is 16.7 Å². The van der Waals surface area contributed by atoms with Crippen molar-refractivity contribution >= 4 is 0 Å². The van der Waals surface area contributed by atoms with E-state index in [4.69, 9.17) is 18.9 Å². The third-order valence-electron chi connectivity index (χ3n) is 15.9. The van der Waals surface area contributed by atoms with Gasteiger partial charge in [-0.1, -0.05) is 34.6 Å². The van der Waals surface area contributed by atoms with Gasteiger partial charge in [0.2, 0.25) is 0 Å². The number of aliphatic hydroxyl groups excluding tert-OH is 5. The van der Waals surface area contributed by atoms with Crippen LogP contribution < -0.4 is 0 Å². The average molecular weight is 637 g/mol. The van der Waals surface area contributed by atoms with Gasteiger partial charge in [0.05, 0.1) is 30.5 Å². The largest absolute Gasteiger partial charge is 0.393 e. The Bertz CT molecular complexity index is 1240. The van der Waals surface area contributed by atoms with E-state index in [1.54, 1.807) is 13.8 Å². The van der Waals surface area contributed by atoms with Crippen molar-refractivity contribution in [2.24, 2.45) is 50.7 Å². The second kappa shape index (κ2) is 9.23. The van der Waals surface area contributed by atoms with E-state index in [9.17, 15) is 30.6 Å². The van der Waals surface area contributed by atoms with Gasteiger partial charge < -0.3 is 49.6 Å². The maximum atomic E-state index is 12.7. The van der Waals surface area contributed by atoms with Gasteiger partial charge in [0.1, 0.15) is 30.5 Å². The van der Waals surface area contributed by atoms with E-state index in [1.807, 2.05) is 0 Å². The van der Waals surface area contributed by atoms with Crippen LogP contribution in [0.3, 0.4) is 0 Å². The number of aliphatic hydroxyl groups is 6. The van der Waals surface area contributed by atoms with Crippen molar-refractivity contribution in [2.75, 3.05) is 6.61 Å². The molecule has 3 heterocycles. The molecule has 2 unspecified atom stereocenters. The number of hydrogen-bond acceptors (Lipinski definition) is 10. The summed E-state index contributed by atoms with van der Waals surface area (Å²) in [7, 11) is 0. The lowest BCUT2D eigenvalue weighted by Gasteiger charge is -2.65. The molecule has 0 amide bonds. The molecule has 0 radical (unpaired) electrons. The first-order valence-corrected chi connectivity index (χ1v) is 17.6. The third kappa shape index (κ3) is 3.51. The summed E-state index contributed by atoms with van der Waals surface area (Å²) in [6.45, 7) is 14.5. The number of fused-ring (bicyclic) bond motifs is 4. The highest BCUT2D eigenvalue weighted by Crippen LogP contribution is 2.90. The summed E-state index contributed by atoms with van der Waals surface area (Å²) in [5.41, 5.74) is -2.78. The van der Waals surface area contributed by atoms with Crippen molar-refractivity contribution in [3.05, 3.63) is 0 Å². The van der Waals surface area contributed by atoms with E-state index in [1.165, 1.54) is 0 Å². The summed E-state index contributed by atoms with van der Waals surface area (Å²) in [4.78, 5) is 0. The molecule has 8 rings (SSSR count). The Balaban J connectivity index is 1.12. The zero-order chi connectivity index (χ0) is 32.5. The van der Waals surface area contributed by atoms with Crippen molar-refractivity contribution in [1.29, 1.82) is 0 Å². The van der Waals surface area contributed by atoms with E-state index in [0.717, 1.165) is 38.5 Å². The summed E-state index contributed by atoms with van der Waals surface area (Å²) < 4.78 is 25.6. The maximum absolute atomic E-state index is 12.7. The Kier molecular flexibility index (Phi) is 6.53. The highest BCUT2D eigenvalue weighted by atomic mass is 16.8. The fourth-order valence-corrected chi connectivity index (χ4v) is 14.0. The van der Waals surface area contributed by atoms with Gasteiger partial charge >= 0.3 is 0 Å². The molecule has 18 atom stereocenters. The van der Waals surface area contributed by atoms with E-state index >= 15 is 0 Å². The molecule has 10 nitrogen and oxygen atoms in total. The van der Waals surface area contributed by atoms with E-state index in [-0.39, 0.29) is 52.8 Å². The fourth-order valence-electron chi connectivity index (χ4n) is 14.0. The topological polar surface area (TPSA) is 158 Å². The maximum Gasteiger partial charge on any atom is 0.199 e. The number of ether oxygens (including phenoxy) is 4. The minimum atomic E-state index is -1.32. The van der Waals surface area contributed by atoms with Gasteiger partial charge in [-0.15, -0.1) is 0 Å². The Morgan fingerprint density at radius 1 is 0.844 bits per heavy atom. The Morgan fingerprint density at radius 3 is 2.22 bits per heavy atom. The van der Waals surface area contributed by atoms with Crippen molar-refractivity contribution < 1.29 is 49.6 Å². The van der Waals surface area contributed by atoms with Crippen LogP contribution in [-0.2, 0) is 18.9 Å². The molecular weight excluding hydrogens is 580 g/mol. The number of rotatable bonds is 3. The normalized spacial score (nSPS) is 62.7. The molecule has 45 heavy (non-hydrogen) atoms. The van der Waals surface area contributed by atoms with E-state index in [2.05, 4.69) is 34.6 Å². The molecule has 3 saturated heterocycles. The molecule has 5 aliphatic carbocycles. The summed E-state index contributed by atoms with van der Waals surface area (Å²) >= 11 is 0. The van der Waals surface area contributed by atoms with Crippen molar-refractivity contribution in [2.45, 2.75) is 160 Å². The second-order valence-corrected chi connectivity index (χ2v) is 18.4. The highest BCUT2D eigenvalue weighted by molar-refractivity contribution is 5.36. The lowest BCUT2D eigenvalue weighted by molar-refractivity contribution is -0.304. The molecule has 3 aliphatic heterocycles. The van der Waals surface area contributed by atoms with Crippen molar-refractivity contribution in [3.63, 3.8) is 0 Å². The van der Waals surface area contributed by atoms with Gasteiger partial charge in [-0.3, -0.25) is 0 Å². The zero-order valence-corrected chi connectivity index (χ0v) is 28.0. The predicted molar refractivity (Wildman–Crippen MR) is 160 cm³/mol. The van der Waals surface area contributed by atoms with Gasteiger partial charge in [-0.2, -0.15) is 0 Å². The van der Waals surface area contributed by atoms with Crippen molar-refractivity contribution in [1.82, 2.24) is 0 Å². The molecule has 3 spiro atoms.